The zero-order valence-electron chi connectivity index (χ0n) is 15.9. The van der Waals surface area contributed by atoms with Crippen molar-refractivity contribution in [3.8, 4) is 11.4 Å². The number of halogens is 1. The van der Waals surface area contributed by atoms with E-state index in [9.17, 15) is 9.59 Å². The lowest BCUT2D eigenvalue weighted by atomic mass is 10.2. The Kier molecular flexibility index (Phi) is 7.34. The summed E-state index contributed by atoms with van der Waals surface area (Å²) in [7, 11) is 0. The number of hydrogen-bond acceptors (Lipinski definition) is 7. The molecule has 1 fully saturated rings. The number of amides is 3. The summed E-state index contributed by atoms with van der Waals surface area (Å²) in [5, 5.41) is 9.48. The van der Waals surface area contributed by atoms with Crippen molar-refractivity contribution in [1.82, 2.24) is 30.6 Å². The molecule has 1 aromatic carbocycles. The van der Waals surface area contributed by atoms with Crippen molar-refractivity contribution < 1.29 is 14.1 Å². The van der Waals surface area contributed by atoms with Crippen LogP contribution in [0.15, 0.2) is 41.4 Å². The van der Waals surface area contributed by atoms with E-state index in [1.54, 1.807) is 18.2 Å². The highest BCUT2D eigenvalue weighted by Gasteiger charge is 2.21. The van der Waals surface area contributed by atoms with Crippen LogP contribution in [0.1, 0.15) is 5.89 Å². The smallest absolute Gasteiger partial charge is 0.321 e. The predicted octanol–water partition coefficient (Wildman–Crippen LogP) is 1.52. The highest BCUT2D eigenvalue weighted by molar-refractivity contribution is 6.30. The van der Waals surface area contributed by atoms with E-state index >= 15 is 0 Å². The van der Waals surface area contributed by atoms with E-state index in [0.717, 1.165) is 18.7 Å². The van der Waals surface area contributed by atoms with Crippen LogP contribution in [0.25, 0.3) is 11.4 Å². The van der Waals surface area contributed by atoms with Crippen molar-refractivity contribution in [2.45, 2.75) is 6.54 Å². The quantitative estimate of drug-likeness (QED) is 0.657. The van der Waals surface area contributed by atoms with Crippen molar-refractivity contribution in [2.75, 3.05) is 39.3 Å². The largest absolute Gasteiger partial charge is 0.338 e. The minimum Gasteiger partial charge on any atom is -0.338 e. The third-order valence-electron chi connectivity index (χ3n) is 4.42. The second kappa shape index (κ2) is 10.1. The van der Waals surface area contributed by atoms with Gasteiger partial charge in [0.25, 0.3) is 0 Å². The van der Waals surface area contributed by atoms with E-state index in [1.165, 1.54) is 0 Å². The Morgan fingerprint density at radius 1 is 1.17 bits per heavy atom. The van der Waals surface area contributed by atoms with Crippen LogP contribution in [-0.2, 0) is 11.3 Å². The minimum atomic E-state index is -0.513. The summed E-state index contributed by atoms with van der Waals surface area (Å²) in [5.74, 6) is 0.742. The monoisotopic (exact) mass is 418 g/mol. The summed E-state index contributed by atoms with van der Waals surface area (Å²) in [6.07, 6.45) is 1.55. The number of hydrogen-bond donors (Lipinski definition) is 2. The Balaban J connectivity index is 1.42. The second-order valence-electron chi connectivity index (χ2n) is 6.62. The molecular formula is C19H23ClN6O3. The molecule has 1 aliphatic rings. The van der Waals surface area contributed by atoms with Gasteiger partial charge in [-0.2, -0.15) is 4.98 Å². The number of imide groups is 1. The maximum Gasteiger partial charge on any atom is 0.321 e. The number of benzene rings is 1. The number of aromatic nitrogens is 2. The van der Waals surface area contributed by atoms with Crippen molar-refractivity contribution in [3.63, 3.8) is 0 Å². The predicted molar refractivity (Wildman–Crippen MR) is 108 cm³/mol. The van der Waals surface area contributed by atoms with Gasteiger partial charge in [0.05, 0.1) is 13.1 Å². The zero-order chi connectivity index (χ0) is 20.6. The summed E-state index contributed by atoms with van der Waals surface area (Å²) in [6, 6.07) is 6.75. The van der Waals surface area contributed by atoms with Crippen LogP contribution in [0, 0.1) is 0 Å². The summed E-state index contributed by atoms with van der Waals surface area (Å²) >= 11 is 5.90. The van der Waals surface area contributed by atoms with Gasteiger partial charge in [0, 0.05) is 43.3 Å². The van der Waals surface area contributed by atoms with Crippen molar-refractivity contribution in [1.29, 1.82) is 0 Å². The second-order valence-corrected chi connectivity index (χ2v) is 7.05. The van der Waals surface area contributed by atoms with Gasteiger partial charge in [0.2, 0.25) is 17.6 Å². The fourth-order valence-corrected chi connectivity index (χ4v) is 3.04. The van der Waals surface area contributed by atoms with E-state index in [0.29, 0.717) is 42.9 Å². The molecule has 0 spiro atoms. The number of piperazine rings is 1. The Bertz CT molecular complexity index is 846. The summed E-state index contributed by atoms with van der Waals surface area (Å²) < 4.78 is 5.35. The number of urea groups is 1. The molecule has 2 N–H and O–H groups in total. The van der Waals surface area contributed by atoms with E-state index < -0.39 is 6.03 Å². The average molecular weight is 419 g/mol. The lowest BCUT2D eigenvalue weighted by Gasteiger charge is -2.33. The molecule has 2 heterocycles. The molecule has 2 aromatic rings. The Hall–Kier alpha value is -2.75. The SMILES string of the molecule is C=CCNC(=O)NC(=O)CN1CCN(Cc2nc(-c3ccc(Cl)cc3)no2)CC1. The van der Waals surface area contributed by atoms with Gasteiger partial charge in [-0.1, -0.05) is 22.8 Å². The first kappa shape index (κ1) is 21.0. The highest BCUT2D eigenvalue weighted by atomic mass is 35.5. The molecule has 1 aromatic heterocycles. The van der Waals surface area contributed by atoms with Crippen LogP contribution >= 0.6 is 11.6 Å². The molecular weight excluding hydrogens is 396 g/mol. The lowest BCUT2D eigenvalue weighted by molar-refractivity contribution is -0.121. The molecule has 1 saturated heterocycles. The number of carbonyl (C=O) groups excluding carboxylic acids is 2. The standard InChI is InChI=1S/C19H23ClN6O3/c1-2-7-21-19(28)22-16(27)12-25-8-10-26(11-9-25)13-17-23-18(24-29-17)14-3-5-15(20)6-4-14/h2-6H,1,7-13H2,(H2,21,22,27,28). The maximum absolute atomic E-state index is 11.9. The first-order valence-electron chi connectivity index (χ1n) is 9.25. The Labute approximate surface area is 173 Å². The molecule has 0 unspecified atom stereocenters. The molecule has 9 nitrogen and oxygen atoms in total. The van der Waals surface area contributed by atoms with Crippen molar-refractivity contribution in [3.05, 3.63) is 47.8 Å². The molecule has 10 heteroatoms. The van der Waals surface area contributed by atoms with Gasteiger partial charge in [0.1, 0.15) is 0 Å². The van der Waals surface area contributed by atoms with Crippen molar-refractivity contribution >= 4 is 23.5 Å². The summed E-state index contributed by atoms with van der Waals surface area (Å²) in [6.45, 7) is 7.47. The molecule has 3 rings (SSSR count). The summed E-state index contributed by atoms with van der Waals surface area (Å²) in [4.78, 5) is 32.0. The minimum absolute atomic E-state index is 0.177. The molecule has 1 aliphatic heterocycles. The molecule has 3 amide bonds. The highest BCUT2D eigenvalue weighted by Crippen LogP contribution is 2.19. The van der Waals surface area contributed by atoms with Crippen LogP contribution in [0.2, 0.25) is 5.02 Å². The maximum atomic E-state index is 11.9. The topological polar surface area (TPSA) is 104 Å². The van der Waals surface area contributed by atoms with E-state index in [2.05, 4.69) is 32.3 Å². The Morgan fingerprint density at radius 3 is 2.55 bits per heavy atom. The lowest BCUT2D eigenvalue weighted by Crippen LogP contribution is -2.50. The van der Waals surface area contributed by atoms with Crippen LogP contribution in [0.5, 0.6) is 0 Å². The number of carbonyl (C=O) groups is 2. The number of nitrogens with one attached hydrogen (secondary N) is 2. The van der Waals surface area contributed by atoms with Crippen LogP contribution in [-0.4, -0.2) is 71.1 Å². The molecule has 29 heavy (non-hydrogen) atoms. The van der Waals surface area contributed by atoms with Gasteiger partial charge in [-0.15, -0.1) is 6.58 Å². The molecule has 0 radical (unpaired) electrons. The summed E-state index contributed by atoms with van der Waals surface area (Å²) in [5.41, 5.74) is 0.845. The first-order chi connectivity index (χ1) is 14.0. The zero-order valence-corrected chi connectivity index (χ0v) is 16.7. The van der Waals surface area contributed by atoms with Crippen molar-refractivity contribution in [2.24, 2.45) is 0 Å². The fraction of sp³-hybridized carbons (Fsp3) is 0.368. The Morgan fingerprint density at radius 2 is 1.86 bits per heavy atom. The molecule has 154 valence electrons. The number of rotatable bonds is 7. The third kappa shape index (κ3) is 6.38. The van der Waals surface area contributed by atoms with E-state index in [4.69, 9.17) is 16.1 Å². The molecule has 0 aliphatic carbocycles. The van der Waals surface area contributed by atoms with Gasteiger partial charge < -0.3 is 9.84 Å². The fourth-order valence-electron chi connectivity index (χ4n) is 2.91. The van der Waals surface area contributed by atoms with Crippen LogP contribution in [0.4, 0.5) is 4.79 Å². The van der Waals surface area contributed by atoms with Gasteiger partial charge in [0.15, 0.2) is 0 Å². The van der Waals surface area contributed by atoms with Gasteiger partial charge in [-0.25, -0.2) is 4.79 Å². The molecule has 0 bridgehead atoms. The van der Waals surface area contributed by atoms with Gasteiger partial charge >= 0.3 is 6.03 Å². The van der Waals surface area contributed by atoms with Gasteiger partial charge in [-0.3, -0.25) is 19.9 Å². The van der Waals surface area contributed by atoms with Crippen LogP contribution < -0.4 is 10.6 Å². The molecule has 0 saturated carbocycles. The number of nitrogens with zero attached hydrogens (tertiary/aromatic N) is 4. The third-order valence-corrected chi connectivity index (χ3v) is 4.67. The molecule has 0 atom stereocenters. The average Bonchev–Trinajstić information content (AvgIpc) is 3.17. The van der Waals surface area contributed by atoms with Crippen LogP contribution in [0.3, 0.4) is 0 Å². The first-order valence-corrected chi connectivity index (χ1v) is 9.63. The van der Waals surface area contributed by atoms with E-state index in [1.807, 2.05) is 17.0 Å². The normalized spacial score (nSPS) is 15.1. The van der Waals surface area contributed by atoms with E-state index in [-0.39, 0.29) is 12.5 Å². The van der Waals surface area contributed by atoms with Gasteiger partial charge in [-0.05, 0) is 24.3 Å².